The second-order valence-electron chi connectivity index (χ2n) is 8.71. The van der Waals surface area contributed by atoms with Gasteiger partial charge in [-0.15, -0.1) is 0 Å². The van der Waals surface area contributed by atoms with Crippen LogP contribution in [-0.4, -0.2) is 43.1 Å². The van der Waals surface area contributed by atoms with Gasteiger partial charge in [0.1, 0.15) is 5.75 Å². The predicted molar refractivity (Wildman–Crippen MR) is 127 cm³/mol. The minimum Gasteiger partial charge on any atom is -0.484 e. The molecule has 0 aliphatic heterocycles. The molecule has 2 aromatic rings. The quantitative estimate of drug-likeness (QED) is 0.566. The fourth-order valence-electron chi connectivity index (χ4n) is 4.76. The number of benzene rings is 2. The molecule has 0 spiro atoms. The van der Waals surface area contributed by atoms with E-state index in [1.807, 2.05) is 24.1 Å². The van der Waals surface area contributed by atoms with Crippen LogP contribution in [0.2, 0.25) is 15.1 Å². The first-order valence-electron chi connectivity index (χ1n) is 10.3. The Balaban J connectivity index is 1.23. The Bertz CT molecular complexity index is 1020. The number of rotatable bonds is 8. The van der Waals surface area contributed by atoms with E-state index in [2.05, 4.69) is 10.6 Å². The topological polar surface area (TPSA) is 70.7 Å². The third-order valence-electron chi connectivity index (χ3n) is 6.15. The molecule has 2 bridgehead atoms. The van der Waals surface area contributed by atoms with Crippen LogP contribution in [0.1, 0.15) is 25.7 Å². The minimum atomic E-state index is -0.270. The molecule has 2 aromatic carbocycles. The highest BCUT2D eigenvalue weighted by Gasteiger charge is 2.62. The van der Waals surface area contributed by atoms with Gasteiger partial charge in [-0.05, 0) is 62.1 Å². The molecule has 0 unspecified atom stereocenters. The van der Waals surface area contributed by atoms with Gasteiger partial charge in [0.05, 0.1) is 16.6 Å². The maximum absolute atomic E-state index is 12.6. The Labute approximate surface area is 202 Å². The van der Waals surface area contributed by atoms with Crippen LogP contribution in [0.3, 0.4) is 0 Å². The SMILES string of the molecule is CN(CC(=O)NC12CCC(NC(=O)COc3ccc(Cl)c(Cl)c3)(C1)C2)c1ccc(Cl)cc1. The zero-order chi connectivity index (χ0) is 22.9. The van der Waals surface area contributed by atoms with Crippen molar-refractivity contribution in [3.8, 4) is 5.75 Å². The molecular formula is C23H24Cl3N3O3. The smallest absolute Gasteiger partial charge is 0.258 e. The van der Waals surface area contributed by atoms with Gasteiger partial charge < -0.3 is 20.3 Å². The van der Waals surface area contributed by atoms with Crippen LogP contribution in [-0.2, 0) is 9.59 Å². The van der Waals surface area contributed by atoms with Gasteiger partial charge in [0.2, 0.25) is 5.91 Å². The molecule has 5 rings (SSSR count). The second kappa shape index (κ2) is 9.00. The van der Waals surface area contributed by atoms with Crippen LogP contribution in [0.5, 0.6) is 5.75 Å². The third kappa shape index (κ3) is 5.08. The molecule has 6 nitrogen and oxygen atoms in total. The summed E-state index contributed by atoms with van der Waals surface area (Å²) in [6.45, 7) is 0.144. The fourth-order valence-corrected chi connectivity index (χ4v) is 5.18. The van der Waals surface area contributed by atoms with Crippen molar-refractivity contribution in [3.63, 3.8) is 0 Å². The number of hydrogen-bond acceptors (Lipinski definition) is 4. The van der Waals surface area contributed by atoms with E-state index in [1.165, 1.54) is 0 Å². The number of likely N-dealkylation sites (N-methyl/N-ethyl adjacent to an activating group) is 1. The van der Waals surface area contributed by atoms with Gasteiger partial charge in [-0.1, -0.05) is 34.8 Å². The molecular weight excluding hydrogens is 473 g/mol. The number of halogens is 3. The number of amides is 2. The molecule has 0 atom stereocenters. The summed E-state index contributed by atoms with van der Waals surface area (Å²) in [5.74, 6) is 0.256. The second-order valence-corrected chi connectivity index (χ2v) is 9.96. The molecule has 2 amide bonds. The van der Waals surface area contributed by atoms with E-state index in [0.29, 0.717) is 20.8 Å². The fraction of sp³-hybridized carbons (Fsp3) is 0.391. The number of fused-ring (bicyclic) bond motifs is 1. The monoisotopic (exact) mass is 495 g/mol. The average Bonchev–Trinajstić information content (AvgIpc) is 3.23. The highest BCUT2D eigenvalue weighted by Crippen LogP contribution is 2.55. The molecule has 0 saturated heterocycles. The van der Waals surface area contributed by atoms with Crippen LogP contribution >= 0.6 is 34.8 Å². The largest absolute Gasteiger partial charge is 0.484 e. The number of nitrogens with one attached hydrogen (secondary N) is 2. The summed E-state index contributed by atoms with van der Waals surface area (Å²) in [5.41, 5.74) is 0.411. The summed E-state index contributed by atoms with van der Waals surface area (Å²) in [5, 5.41) is 7.74. The van der Waals surface area contributed by atoms with Crippen LogP contribution in [0.15, 0.2) is 42.5 Å². The molecule has 0 radical (unpaired) electrons. The molecule has 0 heterocycles. The van der Waals surface area contributed by atoms with E-state index in [0.717, 1.165) is 31.4 Å². The number of anilines is 1. The van der Waals surface area contributed by atoms with Crippen molar-refractivity contribution in [1.29, 1.82) is 0 Å². The van der Waals surface area contributed by atoms with Gasteiger partial charge in [0.15, 0.2) is 6.61 Å². The van der Waals surface area contributed by atoms with Crippen molar-refractivity contribution in [1.82, 2.24) is 10.6 Å². The lowest BCUT2D eigenvalue weighted by Gasteiger charge is -2.48. The highest BCUT2D eigenvalue weighted by molar-refractivity contribution is 6.42. The zero-order valence-electron chi connectivity index (χ0n) is 17.6. The lowest BCUT2D eigenvalue weighted by atomic mass is 9.71. The maximum atomic E-state index is 12.6. The Hall–Kier alpha value is -2.15. The standard InChI is InChI=1S/C23H24Cl3N3O3/c1-29(16-4-2-15(24)3-5-16)11-20(30)27-22-8-9-23(13-22,14-22)28-21(31)12-32-17-6-7-18(25)19(26)10-17/h2-7,10H,8-9,11-14H2,1H3,(H,27,30)(H,28,31). The molecule has 9 heteroatoms. The molecule has 0 aromatic heterocycles. The molecule has 3 aliphatic carbocycles. The normalized spacial score (nSPS) is 23.2. The Morgan fingerprint density at radius 3 is 2.19 bits per heavy atom. The summed E-state index contributed by atoms with van der Waals surface area (Å²) >= 11 is 17.8. The number of ether oxygens (including phenoxy) is 1. The molecule has 3 saturated carbocycles. The Kier molecular flexibility index (Phi) is 6.48. The number of nitrogens with zero attached hydrogens (tertiary/aromatic N) is 1. The number of carbonyl (C=O) groups excluding carboxylic acids is 2. The van der Waals surface area contributed by atoms with Crippen molar-refractivity contribution < 1.29 is 14.3 Å². The van der Waals surface area contributed by atoms with E-state index in [9.17, 15) is 9.59 Å². The summed E-state index contributed by atoms with van der Waals surface area (Å²) < 4.78 is 5.52. The Morgan fingerprint density at radius 2 is 1.56 bits per heavy atom. The van der Waals surface area contributed by atoms with Crippen molar-refractivity contribution in [3.05, 3.63) is 57.5 Å². The van der Waals surface area contributed by atoms with Crippen molar-refractivity contribution in [2.75, 3.05) is 25.1 Å². The average molecular weight is 497 g/mol. The predicted octanol–water partition coefficient (Wildman–Crippen LogP) is 4.46. The van der Waals surface area contributed by atoms with Gasteiger partial charge in [-0.25, -0.2) is 0 Å². The molecule has 2 N–H and O–H groups in total. The van der Waals surface area contributed by atoms with Crippen LogP contribution < -0.4 is 20.3 Å². The number of carbonyl (C=O) groups is 2. The lowest BCUT2D eigenvalue weighted by Crippen LogP contribution is -2.65. The van der Waals surface area contributed by atoms with Crippen molar-refractivity contribution in [2.45, 2.75) is 36.8 Å². The van der Waals surface area contributed by atoms with E-state index in [1.54, 1.807) is 30.3 Å². The molecule has 32 heavy (non-hydrogen) atoms. The van der Waals surface area contributed by atoms with Crippen molar-refractivity contribution in [2.24, 2.45) is 0 Å². The lowest BCUT2D eigenvalue weighted by molar-refractivity contribution is -0.127. The zero-order valence-corrected chi connectivity index (χ0v) is 19.9. The summed E-state index contributed by atoms with van der Waals surface area (Å²) in [6, 6.07) is 12.2. The van der Waals surface area contributed by atoms with Gasteiger partial charge >= 0.3 is 0 Å². The molecule has 170 valence electrons. The highest BCUT2D eigenvalue weighted by atomic mass is 35.5. The van der Waals surface area contributed by atoms with E-state index in [-0.39, 0.29) is 36.0 Å². The third-order valence-corrected chi connectivity index (χ3v) is 7.15. The van der Waals surface area contributed by atoms with Crippen LogP contribution in [0.4, 0.5) is 5.69 Å². The Morgan fingerprint density at radius 1 is 0.938 bits per heavy atom. The first-order valence-corrected chi connectivity index (χ1v) is 11.5. The van der Waals surface area contributed by atoms with Crippen molar-refractivity contribution >= 4 is 52.3 Å². The number of hydrogen-bond donors (Lipinski definition) is 2. The van der Waals surface area contributed by atoms with Gasteiger partial charge in [-0.2, -0.15) is 0 Å². The van der Waals surface area contributed by atoms with E-state index >= 15 is 0 Å². The maximum Gasteiger partial charge on any atom is 0.258 e. The first-order chi connectivity index (χ1) is 15.2. The van der Waals surface area contributed by atoms with Crippen LogP contribution in [0, 0.1) is 0 Å². The summed E-state index contributed by atoms with van der Waals surface area (Å²) in [7, 11) is 1.87. The summed E-state index contributed by atoms with van der Waals surface area (Å²) in [4.78, 5) is 26.9. The minimum absolute atomic E-state index is 0.0350. The van der Waals surface area contributed by atoms with Crippen LogP contribution in [0.25, 0.3) is 0 Å². The summed E-state index contributed by atoms with van der Waals surface area (Å²) in [6.07, 6.45) is 3.14. The van der Waals surface area contributed by atoms with Gasteiger partial charge in [0.25, 0.3) is 5.91 Å². The first kappa shape index (κ1) is 23.0. The van der Waals surface area contributed by atoms with E-state index in [4.69, 9.17) is 39.5 Å². The van der Waals surface area contributed by atoms with Gasteiger partial charge in [-0.3, -0.25) is 9.59 Å². The molecule has 3 fully saturated rings. The van der Waals surface area contributed by atoms with E-state index < -0.39 is 0 Å². The molecule has 3 aliphatic rings. The van der Waals surface area contributed by atoms with Gasteiger partial charge in [0, 0.05) is 34.9 Å².